The Bertz CT molecular complexity index is 1150. The first-order valence-corrected chi connectivity index (χ1v) is 8.94. The molecular formula is C24H20N2O. The molecular weight excluding hydrogens is 332 g/mol. The van der Waals surface area contributed by atoms with Crippen LogP contribution in [-0.2, 0) is 0 Å². The van der Waals surface area contributed by atoms with Gasteiger partial charge in [-0.3, -0.25) is 9.78 Å². The summed E-state index contributed by atoms with van der Waals surface area (Å²) in [6.07, 6.45) is 3.50. The molecule has 0 radical (unpaired) electrons. The molecule has 0 spiro atoms. The van der Waals surface area contributed by atoms with Crippen molar-refractivity contribution in [3.63, 3.8) is 0 Å². The maximum atomic E-state index is 13.1. The van der Waals surface area contributed by atoms with Gasteiger partial charge in [0.2, 0.25) is 0 Å². The highest BCUT2D eigenvalue weighted by Gasteiger charge is 2.15. The van der Waals surface area contributed by atoms with Crippen molar-refractivity contribution >= 4 is 0 Å². The van der Waals surface area contributed by atoms with E-state index in [4.69, 9.17) is 0 Å². The fraction of sp³-hybridized carbons (Fsp3) is 0.0833. The van der Waals surface area contributed by atoms with Crippen molar-refractivity contribution in [1.82, 2.24) is 9.97 Å². The lowest BCUT2D eigenvalue weighted by atomic mass is 9.94. The Balaban J connectivity index is 2.01. The van der Waals surface area contributed by atoms with Crippen molar-refractivity contribution < 1.29 is 0 Å². The number of hydrogen-bond donors (Lipinski definition) is 1. The van der Waals surface area contributed by atoms with Gasteiger partial charge in [-0.25, -0.2) is 0 Å². The minimum absolute atomic E-state index is 0.0921. The van der Waals surface area contributed by atoms with Crippen LogP contribution >= 0.6 is 0 Å². The zero-order valence-electron chi connectivity index (χ0n) is 15.4. The van der Waals surface area contributed by atoms with Gasteiger partial charge in [-0.15, -0.1) is 0 Å². The molecule has 0 saturated heterocycles. The Kier molecular flexibility index (Phi) is 4.43. The maximum Gasteiger partial charge on any atom is 0.256 e. The first-order valence-electron chi connectivity index (χ1n) is 8.94. The second-order valence-corrected chi connectivity index (χ2v) is 6.72. The lowest BCUT2D eigenvalue weighted by Gasteiger charge is -2.14. The van der Waals surface area contributed by atoms with Crippen molar-refractivity contribution in [1.29, 1.82) is 0 Å². The summed E-state index contributed by atoms with van der Waals surface area (Å²) in [5, 5.41) is 0. The van der Waals surface area contributed by atoms with E-state index in [2.05, 4.69) is 48.1 Å². The van der Waals surface area contributed by atoms with Crippen LogP contribution in [0.2, 0.25) is 0 Å². The lowest BCUT2D eigenvalue weighted by Crippen LogP contribution is -2.12. The topological polar surface area (TPSA) is 45.8 Å². The second kappa shape index (κ2) is 7.04. The molecule has 0 fully saturated rings. The minimum Gasteiger partial charge on any atom is -0.321 e. The molecule has 3 nitrogen and oxygen atoms in total. The molecule has 0 unspecified atom stereocenters. The maximum absolute atomic E-state index is 13.1. The van der Waals surface area contributed by atoms with Gasteiger partial charge < -0.3 is 4.98 Å². The van der Waals surface area contributed by atoms with E-state index in [1.807, 2.05) is 42.5 Å². The highest BCUT2D eigenvalue weighted by Crippen LogP contribution is 2.32. The fourth-order valence-corrected chi connectivity index (χ4v) is 3.47. The minimum atomic E-state index is -0.0921. The number of nitrogens with one attached hydrogen (secondary N) is 1. The molecule has 2 aromatic carbocycles. The molecule has 0 aliphatic carbocycles. The summed E-state index contributed by atoms with van der Waals surface area (Å²) < 4.78 is 0. The smallest absolute Gasteiger partial charge is 0.256 e. The van der Waals surface area contributed by atoms with Crippen molar-refractivity contribution in [3.05, 3.63) is 101 Å². The molecule has 0 atom stereocenters. The third-order valence-electron chi connectivity index (χ3n) is 4.76. The Morgan fingerprint density at radius 1 is 0.778 bits per heavy atom. The molecule has 0 bridgehead atoms. The molecule has 27 heavy (non-hydrogen) atoms. The van der Waals surface area contributed by atoms with Crippen LogP contribution in [0.1, 0.15) is 11.1 Å². The average Bonchev–Trinajstić information content (AvgIpc) is 2.69. The van der Waals surface area contributed by atoms with E-state index in [1.54, 1.807) is 12.4 Å². The van der Waals surface area contributed by atoms with E-state index in [-0.39, 0.29) is 5.56 Å². The van der Waals surface area contributed by atoms with E-state index in [0.29, 0.717) is 5.56 Å². The van der Waals surface area contributed by atoms with Gasteiger partial charge in [0.15, 0.2) is 0 Å². The molecule has 4 rings (SSSR count). The number of aromatic amines is 1. The first kappa shape index (κ1) is 17.0. The predicted octanol–water partition coefficient (Wildman–Crippen LogP) is 5.39. The number of aromatic nitrogens is 2. The van der Waals surface area contributed by atoms with E-state index in [0.717, 1.165) is 33.5 Å². The van der Waals surface area contributed by atoms with Crippen LogP contribution in [0.5, 0.6) is 0 Å². The molecule has 0 saturated carbocycles. The predicted molar refractivity (Wildman–Crippen MR) is 111 cm³/mol. The monoisotopic (exact) mass is 352 g/mol. The largest absolute Gasteiger partial charge is 0.321 e. The molecule has 1 N–H and O–H groups in total. The number of nitrogens with zero attached hydrogens (tertiary/aromatic N) is 1. The number of benzene rings is 2. The summed E-state index contributed by atoms with van der Waals surface area (Å²) in [6, 6.07) is 22.0. The van der Waals surface area contributed by atoms with Crippen LogP contribution in [0, 0.1) is 13.8 Å². The molecule has 0 aliphatic rings. The molecule has 2 aromatic heterocycles. The summed E-state index contributed by atoms with van der Waals surface area (Å²) in [4.78, 5) is 20.3. The summed E-state index contributed by atoms with van der Waals surface area (Å²) in [5.74, 6) is 0. The van der Waals surface area contributed by atoms with Crippen molar-refractivity contribution in [2.75, 3.05) is 0 Å². The highest BCUT2D eigenvalue weighted by molar-refractivity contribution is 5.85. The standard InChI is InChI=1S/C24H20N2O/c1-16-8-9-20(17(2)14-16)22-15-21(18-10-12-25-13-11-18)23(24(27)26-22)19-6-4-3-5-7-19/h3-15H,1-2H3,(H,26,27). The van der Waals surface area contributed by atoms with Gasteiger partial charge >= 0.3 is 0 Å². The number of pyridine rings is 2. The van der Waals surface area contributed by atoms with E-state index < -0.39 is 0 Å². The summed E-state index contributed by atoms with van der Waals surface area (Å²) in [6.45, 7) is 4.14. The van der Waals surface area contributed by atoms with Crippen LogP contribution in [0.15, 0.2) is 83.9 Å². The van der Waals surface area contributed by atoms with E-state index in [9.17, 15) is 4.79 Å². The van der Waals surface area contributed by atoms with Gasteiger partial charge in [0, 0.05) is 23.7 Å². The van der Waals surface area contributed by atoms with Crippen molar-refractivity contribution in [2.45, 2.75) is 13.8 Å². The second-order valence-electron chi connectivity index (χ2n) is 6.72. The molecule has 3 heteroatoms. The zero-order valence-corrected chi connectivity index (χ0v) is 15.4. The zero-order chi connectivity index (χ0) is 18.8. The van der Waals surface area contributed by atoms with Crippen LogP contribution in [-0.4, -0.2) is 9.97 Å². The van der Waals surface area contributed by atoms with Gasteiger partial charge in [-0.2, -0.15) is 0 Å². The molecule has 0 aliphatic heterocycles. The highest BCUT2D eigenvalue weighted by atomic mass is 16.1. The Hall–Kier alpha value is -3.46. The van der Waals surface area contributed by atoms with Crippen molar-refractivity contribution in [2.24, 2.45) is 0 Å². The fourth-order valence-electron chi connectivity index (χ4n) is 3.47. The van der Waals surface area contributed by atoms with Crippen LogP contribution in [0.4, 0.5) is 0 Å². The van der Waals surface area contributed by atoms with E-state index >= 15 is 0 Å². The molecule has 2 heterocycles. The van der Waals surface area contributed by atoms with Gasteiger partial charge in [-0.1, -0.05) is 54.1 Å². The third-order valence-corrected chi connectivity index (χ3v) is 4.76. The van der Waals surface area contributed by atoms with Gasteiger partial charge in [-0.05, 0) is 54.3 Å². The summed E-state index contributed by atoms with van der Waals surface area (Å²) >= 11 is 0. The number of rotatable bonds is 3. The third kappa shape index (κ3) is 3.32. The van der Waals surface area contributed by atoms with E-state index in [1.165, 1.54) is 5.56 Å². The molecule has 132 valence electrons. The number of H-pyrrole nitrogens is 1. The van der Waals surface area contributed by atoms with Gasteiger partial charge in [0.1, 0.15) is 0 Å². The first-order chi connectivity index (χ1) is 13.1. The van der Waals surface area contributed by atoms with Gasteiger partial charge in [0.25, 0.3) is 5.56 Å². The normalized spacial score (nSPS) is 10.7. The Labute approximate surface area is 158 Å². The number of aryl methyl sites for hydroxylation is 2. The van der Waals surface area contributed by atoms with Crippen LogP contribution < -0.4 is 5.56 Å². The SMILES string of the molecule is Cc1ccc(-c2cc(-c3ccncc3)c(-c3ccccc3)c(=O)[nH]2)c(C)c1. The lowest BCUT2D eigenvalue weighted by molar-refractivity contribution is 1.23. The summed E-state index contributed by atoms with van der Waals surface area (Å²) in [5.41, 5.74) is 7.56. The molecule has 4 aromatic rings. The molecule has 0 amide bonds. The van der Waals surface area contributed by atoms with Crippen molar-refractivity contribution in [3.8, 4) is 33.5 Å². The average molecular weight is 352 g/mol. The van der Waals surface area contributed by atoms with Gasteiger partial charge in [0.05, 0.1) is 5.56 Å². The Morgan fingerprint density at radius 2 is 1.52 bits per heavy atom. The van der Waals surface area contributed by atoms with Crippen LogP contribution in [0.3, 0.4) is 0 Å². The summed E-state index contributed by atoms with van der Waals surface area (Å²) in [7, 11) is 0. The number of hydrogen-bond acceptors (Lipinski definition) is 2. The Morgan fingerprint density at radius 3 is 2.22 bits per heavy atom. The quantitative estimate of drug-likeness (QED) is 0.537. The van der Waals surface area contributed by atoms with Crippen LogP contribution in [0.25, 0.3) is 33.5 Å².